The zero-order chi connectivity index (χ0) is 21.8. The van der Waals surface area contributed by atoms with E-state index in [9.17, 15) is 9.59 Å². The molecule has 0 saturated carbocycles. The van der Waals surface area contributed by atoms with Crippen LogP contribution in [0.2, 0.25) is 0 Å². The predicted molar refractivity (Wildman–Crippen MR) is 119 cm³/mol. The van der Waals surface area contributed by atoms with Gasteiger partial charge in [-0.2, -0.15) is 0 Å². The Kier molecular flexibility index (Phi) is 6.73. The summed E-state index contributed by atoms with van der Waals surface area (Å²) in [6.07, 6.45) is 4.31. The average Bonchev–Trinajstić information content (AvgIpc) is 3.27. The molecule has 0 radical (unpaired) electrons. The SMILES string of the molecule is CCc1nc(C)sc1C(=O)Nc1nc2cc(C(N)=O)cc(OC)c2n1C/C=C/CCl. The number of thiazole rings is 1. The number of hydrogen-bond acceptors (Lipinski definition) is 6. The fourth-order valence-corrected chi connectivity index (χ4v) is 4.12. The van der Waals surface area contributed by atoms with Gasteiger partial charge in [-0.25, -0.2) is 9.97 Å². The Morgan fingerprint density at radius 3 is 2.73 bits per heavy atom. The Balaban J connectivity index is 2.11. The number of imidazole rings is 1. The van der Waals surface area contributed by atoms with E-state index in [0.29, 0.717) is 46.5 Å². The number of rotatable bonds is 8. The van der Waals surface area contributed by atoms with Gasteiger partial charge in [-0.1, -0.05) is 19.1 Å². The third-order valence-electron chi connectivity index (χ3n) is 4.43. The van der Waals surface area contributed by atoms with Crippen LogP contribution in [-0.2, 0) is 13.0 Å². The lowest BCUT2D eigenvalue weighted by molar-refractivity contribution is 0.0997. The Labute approximate surface area is 182 Å². The number of nitrogens with zero attached hydrogens (tertiary/aromatic N) is 3. The summed E-state index contributed by atoms with van der Waals surface area (Å²) in [6.45, 7) is 4.21. The second-order valence-electron chi connectivity index (χ2n) is 6.40. The number of primary amides is 1. The minimum absolute atomic E-state index is 0.268. The van der Waals surface area contributed by atoms with Gasteiger partial charge in [-0.15, -0.1) is 22.9 Å². The number of allylic oxidation sites excluding steroid dienone is 2. The van der Waals surface area contributed by atoms with E-state index in [0.717, 1.165) is 10.7 Å². The molecule has 10 heteroatoms. The van der Waals surface area contributed by atoms with Gasteiger partial charge in [0, 0.05) is 18.0 Å². The van der Waals surface area contributed by atoms with Crippen LogP contribution in [0.1, 0.15) is 37.7 Å². The fourth-order valence-electron chi connectivity index (χ4n) is 3.09. The van der Waals surface area contributed by atoms with Gasteiger partial charge >= 0.3 is 0 Å². The summed E-state index contributed by atoms with van der Waals surface area (Å²) in [4.78, 5) is 34.1. The molecule has 3 aromatic rings. The lowest BCUT2D eigenvalue weighted by Crippen LogP contribution is -2.16. The zero-order valence-corrected chi connectivity index (χ0v) is 18.4. The Hall–Kier alpha value is -2.91. The highest BCUT2D eigenvalue weighted by Gasteiger charge is 2.21. The van der Waals surface area contributed by atoms with Crippen LogP contribution in [0.5, 0.6) is 5.75 Å². The molecule has 2 aromatic heterocycles. The maximum absolute atomic E-state index is 13.0. The normalized spacial score (nSPS) is 11.3. The number of amides is 2. The third kappa shape index (κ3) is 4.31. The zero-order valence-electron chi connectivity index (χ0n) is 16.9. The number of aryl methyl sites for hydroxylation is 2. The van der Waals surface area contributed by atoms with E-state index in [1.807, 2.05) is 19.9 Å². The molecule has 0 bridgehead atoms. The molecule has 8 nitrogen and oxygen atoms in total. The summed E-state index contributed by atoms with van der Waals surface area (Å²) < 4.78 is 7.26. The number of hydrogen-bond donors (Lipinski definition) is 2. The van der Waals surface area contributed by atoms with Crippen LogP contribution in [0.15, 0.2) is 24.3 Å². The molecule has 0 aliphatic heterocycles. The largest absolute Gasteiger partial charge is 0.494 e. The van der Waals surface area contributed by atoms with E-state index in [1.165, 1.54) is 18.4 Å². The summed E-state index contributed by atoms with van der Waals surface area (Å²) in [5.41, 5.74) is 7.56. The number of nitrogens with two attached hydrogens (primary N) is 1. The Morgan fingerprint density at radius 2 is 2.10 bits per heavy atom. The number of anilines is 1. The maximum atomic E-state index is 13.0. The number of fused-ring (bicyclic) bond motifs is 1. The van der Waals surface area contributed by atoms with Gasteiger partial charge in [-0.3, -0.25) is 14.9 Å². The molecule has 2 heterocycles. The molecule has 0 atom stereocenters. The number of nitrogens with one attached hydrogen (secondary N) is 1. The molecule has 0 saturated heterocycles. The first-order chi connectivity index (χ1) is 14.4. The number of carbonyl (C=O) groups excluding carboxylic acids is 2. The number of aromatic nitrogens is 3. The van der Waals surface area contributed by atoms with Crippen molar-refractivity contribution in [3.8, 4) is 5.75 Å². The van der Waals surface area contributed by atoms with Crippen molar-refractivity contribution in [3.05, 3.63) is 45.4 Å². The first-order valence-electron chi connectivity index (χ1n) is 9.26. The maximum Gasteiger partial charge on any atom is 0.269 e. The van der Waals surface area contributed by atoms with Crippen molar-refractivity contribution >= 4 is 51.7 Å². The minimum atomic E-state index is -0.593. The van der Waals surface area contributed by atoms with Gasteiger partial charge in [-0.05, 0) is 25.5 Å². The van der Waals surface area contributed by atoms with Crippen LogP contribution in [0.25, 0.3) is 11.0 Å². The molecule has 3 rings (SSSR count). The van der Waals surface area contributed by atoms with Crippen molar-refractivity contribution in [2.45, 2.75) is 26.8 Å². The standard InChI is InChI=1S/C20H22ClN5O3S/c1-4-13-17(30-11(2)23-13)19(28)25-20-24-14-9-12(18(22)27)10-15(29-3)16(14)26(20)8-6-5-7-21/h5-6,9-10H,4,7-8H2,1-3H3,(H2,22,27)(H,24,25,28)/b6-5+. The van der Waals surface area contributed by atoms with Gasteiger partial charge in [0.2, 0.25) is 11.9 Å². The van der Waals surface area contributed by atoms with Gasteiger partial charge in [0.05, 0.1) is 23.3 Å². The van der Waals surface area contributed by atoms with Crippen molar-refractivity contribution in [1.29, 1.82) is 0 Å². The summed E-state index contributed by atoms with van der Waals surface area (Å²) in [5, 5.41) is 3.70. The highest BCUT2D eigenvalue weighted by Crippen LogP contribution is 2.31. The van der Waals surface area contributed by atoms with Crippen LogP contribution in [0.3, 0.4) is 0 Å². The lowest BCUT2D eigenvalue weighted by Gasteiger charge is -2.10. The topological polar surface area (TPSA) is 112 Å². The molecule has 3 N–H and O–H groups in total. The highest BCUT2D eigenvalue weighted by molar-refractivity contribution is 7.13. The number of methoxy groups -OCH3 is 1. The Bertz CT molecular complexity index is 1140. The van der Waals surface area contributed by atoms with E-state index in [-0.39, 0.29) is 11.5 Å². The summed E-state index contributed by atoms with van der Waals surface area (Å²) in [6, 6.07) is 3.13. The van der Waals surface area contributed by atoms with Crippen LogP contribution in [0, 0.1) is 6.92 Å². The quantitative estimate of drug-likeness (QED) is 0.405. The molecule has 0 spiro atoms. The van der Waals surface area contributed by atoms with Crippen LogP contribution in [-0.4, -0.2) is 39.3 Å². The van der Waals surface area contributed by atoms with Crippen molar-refractivity contribution in [2.24, 2.45) is 5.73 Å². The van der Waals surface area contributed by atoms with E-state index >= 15 is 0 Å². The van der Waals surface area contributed by atoms with Crippen molar-refractivity contribution in [2.75, 3.05) is 18.3 Å². The van der Waals surface area contributed by atoms with E-state index < -0.39 is 5.91 Å². The number of alkyl halides is 1. The first kappa shape index (κ1) is 21.8. The van der Waals surface area contributed by atoms with E-state index in [4.69, 9.17) is 22.1 Å². The number of carbonyl (C=O) groups is 2. The monoisotopic (exact) mass is 447 g/mol. The number of ether oxygens (including phenoxy) is 1. The number of benzene rings is 1. The lowest BCUT2D eigenvalue weighted by atomic mass is 10.1. The van der Waals surface area contributed by atoms with Gasteiger partial charge in [0.1, 0.15) is 16.1 Å². The highest BCUT2D eigenvalue weighted by atomic mass is 35.5. The molecule has 0 aliphatic carbocycles. The molecule has 158 valence electrons. The Morgan fingerprint density at radius 1 is 1.33 bits per heavy atom. The summed E-state index contributed by atoms with van der Waals surface area (Å²) >= 11 is 7.09. The third-order valence-corrected chi connectivity index (χ3v) is 5.62. The van der Waals surface area contributed by atoms with Crippen LogP contribution >= 0.6 is 22.9 Å². The minimum Gasteiger partial charge on any atom is -0.494 e. The predicted octanol–water partition coefficient (Wildman–Crippen LogP) is 3.52. The van der Waals surface area contributed by atoms with Crippen molar-refractivity contribution in [3.63, 3.8) is 0 Å². The van der Waals surface area contributed by atoms with Crippen LogP contribution in [0.4, 0.5) is 5.95 Å². The second-order valence-corrected chi connectivity index (χ2v) is 7.91. The molecule has 1 aromatic carbocycles. The molecular formula is C20H22ClN5O3S. The molecule has 0 aliphatic rings. The molecule has 2 amide bonds. The second kappa shape index (κ2) is 9.27. The van der Waals surface area contributed by atoms with Crippen molar-refractivity contribution < 1.29 is 14.3 Å². The van der Waals surface area contributed by atoms with Gasteiger partial charge in [0.25, 0.3) is 5.91 Å². The fraction of sp³-hybridized carbons (Fsp3) is 0.300. The average molecular weight is 448 g/mol. The smallest absolute Gasteiger partial charge is 0.269 e. The van der Waals surface area contributed by atoms with E-state index in [2.05, 4.69) is 15.3 Å². The van der Waals surface area contributed by atoms with Crippen molar-refractivity contribution in [1.82, 2.24) is 14.5 Å². The van der Waals surface area contributed by atoms with Gasteiger partial charge in [0.15, 0.2) is 0 Å². The molecular weight excluding hydrogens is 426 g/mol. The first-order valence-corrected chi connectivity index (χ1v) is 10.6. The van der Waals surface area contributed by atoms with Crippen LogP contribution < -0.4 is 15.8 Å². The summed E-state index contributed by atoms with van der Waals surface area (Å²) in [7, 11) is 1.50. The summed E-state index contributed by atoms with van der Waals surface area (Å²) in [5.74, 6) is 0.227. The number of halogens is 1. The molecule has 30 heavy (non-hydrogen) atoms. The van der Waals surface area contributed by atoms with Gasteiger partial charge < -0.3 is 15.0 Å². The molecule has 0 unspecified atom stereocenters. The van der Waals surface area contributed by atoms with E-state index in [1.54, 1.807) is 22.8 Å². The molecule has 0 fully saturated rings.